The van der Waals surface area contributed by atoms with Crippen molar-refractivity contribution in [1.29, 1.82) is 0 Å². The number of ketones is 1. The molecular weight excluding hydrogens is 330 g/mol. The van der Waals surface area contributed by atoms with Gasteiger partial charge in [0.05, 0.1) is 15.6 Å². The third kappa shape index (κ3) is 4.92. The van der Waals surface area contributed by atoms with Gasteiger partial charge < -0.3 is 0 Å². The predicted octanol–water partition coefficient (Wildman–Crippen LogP) is 2.69. The Bertz CT molecular complexity index is 681. The van der Waals surface area contributed by atoms with E-state index < -0.39 is 26.2 Å². The first-order chi connectivity index (χ1) is 10.3. The summed E-state index contributed by atoms with van der Waals surface area (Å²) in [5, 5.41) is 10.9. The molecule has 22 heavy (non-hydrogen) atoms. The molecule has 0 radical (unpaired) electrons. The lowest BCUT2D eigenvalue weighted by atomic mass is 10.1. The molecule has 0 bridgehead atoms. The number of alkyl halides is 1. The normalized spacial score (nSPS) is 12.2. The van der Waals surface area contributed by atoms with E-state index >= 15 is 0 Å². The van der Waals surface area contributed by atoms with E-state index in [0.717, 1.165) is 13.0 Å². The van der Waals surface area contributed by atoms with Crippen LogP contribution in [0, 0.1) is 10.1 Å². The maximum Gasteiger partial charge on any atom is 0.312 e. The van der Waals surface area contributed by atoms with E-state index in [1.807, 2.05) is 0 Å². The van der Waals surface area contributed by atoms with E-state index in [9.17, 15) is 23.3 Å². The van der Waals surface area contributed by atoms with Crippen LogP contribution in [0.5, 0.6) is 0 Å². The van der Waals surface area contributed by atoms with Crippen LogP contribution in [0.1, 0.15) is 25.3 Å². The molecule has 0 heterocycles. The first-order valence-corrected chi connectivity index (χ1v) is 8.73. The van der Waals surface area contributed by atoms with Crippen molar-refractivity contribution in [1.82, 2.24) is 0 Å². The number of unbranched alkanes of at least 4 members (excludes halogenated alkanes) is 1. The van der Waals surface area contributed by atoms with Crippen LogP contribution in [0.25, 0.3) is 6.08 Å². The Hall–Kier alpha value is -1.73. The van der Waals surface area contributed by atoms with Gasteiger partial charge in [0.25, 0.3) is 0 Å². The SMILES string of the molecule is CC(=O)/C(=C/c1ccccc1S(=O)(=O)CCCCCl)[N+](=O)[O-]. The Balaban J connectivity index is 3.28. The molecule has 1 aromatic carbocycles. The molecule has 0 aliphatic heterocycles. The number of rotatable bonds is 8. The number of benzene rings is 1. The van der Waals surface area contributed by atoms with E-state index in [0.29, 0.717) is 18.7 Å². The van der Waals surface area contributed by atoms with Gasteiger partial charge in [-0.05, 0) is 18.9 Å². The summed E-state index contributed by atoms with van der Waals surface area (Å²) >= 11 is 5.53. The summed E-state index contributed by atoms with van der Waals surface area (Å²) in [7, 11) is -3.60. The molecule has 0 aliphatic carbocycles. The quantitative estimate of drug-likeness (QED) is 0.237. The van der Waals surface area contributed by atoms with Gasteiger partial charge in [-0.2, -0.15) is 0 Å². The van der Waals surface area contributed by atoms with Crippen molar-refractivity contribution in [3.63, 3.8) is 0 Å². The van der Waals surface area contributed by atoms with Gasteiger partial charge >= 0.3 is 5.70 Å². The standard InChI is InChI=1S/C14H16ClNO5S/c1-11(17)13(16(18)19)10-12-6-2-3-7-14(12)22(20,21)9-5-4-8-15/h2-3,6-7,10H,4-5,8-9H2,1H3/b13-10-. The minimum atomic E-state index is -3.60. The third-order valence-corrected chi connectivity index (χ3v) is 5.04. The first kappa shape index (κ1) is 18.3. The number of Topliss-reactive ketones (excluding diaryl/α,β-unsaturated/α-hetero) is 1. The molecule has 0 saturated heterocycles. The van der Waals surface area contributed by atoms with Crippen LogP contribution in [-0.2, 0) is 14.6 Å². The Labute approximate surface area is 133 Å². The van der Waals surface area contributed by atoms with Crippen LogP contribution < -0.4 is 0 Å². The average molecular weight is 346 g/mol. The number of nitrogens with zero attached hydrogens (tertiary/aromatic N) is 1. The maximum absolute atomic E-state index is 12.3. The Kier molecular flexibility index (Phi) is 6.70. The highest BCUT2D eigenvalue weighted by molar-refractivity contribution is 7.91. The summed E-state index contributed by atoms with van der Waals surface area (Å²) in [6.45, 7) is 1.06. The summed E-state index contributed by atoms with van der Waals surface area (Å²) in [6, 6.07) is 5.90. The van der Waals surface area contributed by atoms with Gasteiger partial charge in [0.15, 0.2) is 9.84 Å². The summed E-state index contributed by atoms with van der Waals surface area (Å²) in [4.78, 5) is 21.3. The van der Waals surface area contributed by atoms with Crippen LogP contribution in [-0.4, -0.2) is 30.8 Å². The van der Waals surface area contributed by atoms with E-state index in [-0.39, 0.29) is 16.2 Å². The highest BCUT2D eigenvalue weighted by Gasteiger charge is 2.21. The van der Waals surface area contributed by atoms with E-state index in [1.54, 1.807) is 6.07 Å². The van der Waals surface area contributed by atoms with Crippen molar-refractivity contribution in [2.75, 3.05) is 11.6 Å². The molecule has 0 spiro atoms. The molecule has 1 rings (SSSR count). The molecule has 0 unspecified atom stereocenters. The summed E-state index contributed by atoms with van der Waals surface area (Å²) in [6.07, 6.45) is 1.96. The zero-order valence-electron chi connectivity index (χ0n) is 12.0. The Morgan fingerprint density at radius 3 is 2.50 bits per heavy atom. The van der Waals surface area contributed by atoms with Gasteiger partial charge in [-0.1, -0.05) is 18.2 Å². The molecule has 0 fully saturated rings. The number of hydrogen-bond donors (Lipinski definition) is 0. The molecule has 8 heteroatoms. The van der Waals surface area contributed by atoms with Crippen molar-refractivity contribution in [2.45, 2.75) is 24.7 Å². The molecule has 0 saturated carbocycles. The number of allylic oxidation sites excluding steroid dienone is 1. The number of carbonyl (C=O) groups excluding carboxylic acids is 1. The monoisotopic (exact) mass is 345 g/mol. The molecule has 0 aromatic heterocycles. The lowest BCUT2D eigenvalue weighted by Gasteiger charge is -2.07. The van der Waals surface area contributed by atoms with E-state index in [4.69, 9.17) is 11.6 Å². The van der Waals surface area contributed by atoms with Crippen molar-refractivity contribution in [3.05, 3.63) is 45.6 Å². The van der Waals surface area contributed by atoms with Gasteiger partial charge in [0, 0.05) is 24.4 Å². The predicted molar refractivity (Wildman–Crippen MR) is 84.1 cm³/mol. The molecule has 0 aliphatic rings. The molecular formula is C14H16ClNO5S. The maximum atomic E-state index is 12.3. The lowest BCUT2D eigenvalue weighted by molar-refractivity contribution is -0.417. The van der Waals surface area contributed by atoms with Gasteiger partial charge in [-0.3, -0.25) is 14.9 Å². The summed E-state index contributed by atoms with van der Waals surface area (Å²) in [5.74, 6) is -0.468. The average Bonchev–Trinajstić information content (AvgIpc) is 2.44. The second-order valence-electron chi connectivity index (χ2n) is 4.60. The van der Waals surface area contributed by atoms with Crippen LogP contribution in [0.2, 0.25) is 0 Å². The molecule has 6 nitrogen and oxygen atoms in total. The highest BCUT2D eigenvalue weighted by Crippen LogP contribution is 2.21. The molecule has 0 atom stereocenters. The number of sulfone groups is 1. The fourth-order valence-corrected chi connectivity index (χ4v) is 3.57. The molecule has 0 amide bonds. The minimum Gasteiger partial charge on any atom is -0.288 e. The second kappa shape index (κ2) is 8.05. The van der Waals surface area contributed by atoms with Crippen molar-refractivity contribution in [2.24, 2.45) is 0 Å². The number of halogens is 1. The number of carbonyl (C=O) groups is 1. The molecule has 0 N–H and O–H groups in total. The Morgan fingerprint density at radius 2 is 1.95 bits per heavy atom. The Morgan fingerprint density at radius 1 is 1.32 bits per heavy atom. The van der Waals surface area contributed by atoms with Crippen molar-refractivity contribution >= 4 is 33.3 Å². The minimum absolute atomic E-state index is 0.0230. The van der Waals surface area contributed by atoms with E-state index in [2.05, 4.69) is 0 Å². The third-order valence-electron chi connectivity index (χ3n) is 2.90. The topological polar surface area (TPSA) is 94.3 Å². The lowest BCUT2D eigenvalue weighted by Crippen LogP contribution is -2.11. The van der Waals surface area contributed by atoms with E-state index in [1.165, 1.54) is 18.2 Å². The molecule has 120 valence electrons. The first-order valence-electron chi connectivity index (χ1n) is 6.54. The highest BCUT2D eigenvalue weighted by atomic mass is 35.5. The fraction of sp³-hybridized carbons (Fsp3) is 0.357. The van der Waals surface area contributed by atoms with Crippen LogP contribution in [0.3, 0.4) is 0 Å². The smallest absolute Gasteiger partial charge is 0.288 e. The van der Waals surface area contributed by atoms with Gasteiger partial charge in [0.1, 0.15) is 0 Å². The van der Waals surface area contributed by atoms with Crippen LogP contribution in [0.15, 0.2) is 34.9 Å². The number of nitro groups is 1. The van der Waals surface area contributed by atoms with Crippen LogP contribution >= 0.6 is 11.6 Å². The fourth-order valence-electron chi connectivity index (χ4n) is 1.81. The summed E-state index contributed by atoms with van der Waals surface area (Å²) in [5.41, 5.74) is -0.515. The zero-order valence-corrected chi connectivity index (χ0v) is 13.6. The largest absolute Gasteiger partial charge is 0.312 e. The van der Waals surface area contributed by atoms with Crippen molar-refractivity contribution in [3.8, 4) is 0 Å². The van der Waals surface area contributed by atoms with Crippen molar-refractivity contribution < 1.29 is 18.1 Å². The van der Waals surface area contributed by atoms with Crippen LogP contribution in [0.4, 0.5) is 0 Å². The molecule has 1 aromatic rings. The second-order valence-corrected chi connectivity index (χ2v) is 7.05. The van der Waals surface area contributed by atoms with Gasteiger partial charge in [-0.15, -0.1) is 11.6 Å². The summed E-state index contributed by atoms with van der Waals surface area (Å²) < 4.78 is 24.6. The zero-order chi connectivity index (χ0) is 16.8. The van der Waals surface area contributed by atoms with Gasteiger partial charge in [-0.25, -0.2) is 8.42 Å². The number of hydrogen-bond acceptors (Lipinski definition) is 5. The van der Waals surface area contributed by atoms with Gasteiger partial charge in [0.2, 0.25) is 5.78 Å².